The molecule has 3 aliphatic rings. The Morgan fingerprint density at radius 1 is 1.44 bits per heavy atom. The van der Waals surface area contributed by atoms with Crippen LogP contribution in [-0.4, -0.2) is 42.2 Å². The molecule has 1 saturated carbocycles. The van der Waals surface area contributed by atoms with Crippen molar-refractivity contribution >= 4 is 6.09 Å². The van der Waals surface area contributed by atoms with Crippen LogP contribution < -0.4 is 5.32 Å². The minimum Gasteiger partial charge on any atom is -0.444 e. The van der Waals surface area contributed by atoms with Crippen molar-refractivity contribution < 1.29 is 19.4 Å². The van der Waals surface area contributed by atoms with Crippen molar-refractivity contribution in [2.24, 2.45) is 5.41 Å². The van der Waals surface area contributed by atoms with Crippen molar-refractivity contribution in [2.75, 3.05) is 19.8 Å². The van der Waals surface area contributed by atoms with E-state index in [-0.39, 0.29) is 17.6 Å². The lowest BCUT2D eigenvalue weighted by molar-refractivity contribution is -0.232. The molecule has 0 aromatic heterocycles. The summed E-state index contributed by atoms with van der Waals surface area (Å²) in [5.41, 5.74) is -0.727. The third-order valence-corrected chi connectivity index (χ3v) is 3.72. The number of nitrogens with one attached hydrogen (secondary N) is 1. The number of hydrogen-bond donors (Lipinski definition) is 2. The van der Waals surface area contributed by atoms with E-state index in [1.54, 1.807) is 0 Å². The van der Waals surface area contributed by atoms with Crippen molar-refractivity contribution in [3.8, 4) is 0 Å². The number of hydrogen-bond acceptors (Lipinski definition) is 4. The molecule has 0 aromatic carbocycles. The summed E-state index contributed by atoms with van der Waals surface area (Å²) >= 11 is 0. The number of rotatable bonds is 3. The third kappa shape index (κ3) is 2.78. The smallest absolute Gasteiger partial charge is 0.407 e. The van der Waals surface area contributed by atoms with Gasteiger partial charge in [-0.25, -0.2) is 4.79 Å². The number of amides is 1. The zero-order chi connectivity index (χ0) is 13.4. The van der Waals surface area contributed by atoms with Crippen LogP contribution in [0.25, 0.3) is 0 Å². The molecule has 2 heterocycles. The molecular weight excluding hydrogens is 234 g/mol. The Bertz CT molecular complexity index is 328. The van der Waals surface area contributed by atoms with Crippen LogP contribution in [0.3, 0.4) is 0 Å². The van der Waals surface area contributed by atoms with Crippen molar-refractivity contribution in [3.63, 3.8) is 0 Å². The van der Waals surface area contributed by atoms with E-state index < -0.39 is 11.7 Å². The van der Waals surface area contributed by atoms with Gasteiger partial charge in [-0.3, -0.25) is 0 Å². The van der Waals surface area contributed by atoms with Crippen LogP contribution in [0.4, 0.5) is 4.79 Å². The summed E-state index contributed by atoms with van der Waals surface area (Å²) in [5, 5.41) is 12.1. The molecule has 2 bridgehead atoms. The predicted octanol–water partition coefficient (Wildman–Crippen LogP) is 1.44. The molecule has 2 N–H and O–H groups in total. The molecule has 0 atom stereocenters. The van der Waals surface area contributed by atoms with Gasteiger partial charge in [-0.15, -0.1) is 0 Å². The number of carbonyl (C=O) groups is 1. The van der Waals surface area contributed by atoms with Crippen LogP contribution in [-0.2, 0) is 9.47 Å². The van der Waals surface area contributed by atoms with Crippen molar-refractivity contribution in [2.45, 2.75) is 51.2 Å². The highest BCUT2D eigenvalue weighted by Crippen LogP contribution is 2.55. The summed E-state index contributed by atoms with van der Waals surface area (Å²) < 4.78 is 10.9. The molecule has 0 aromatic rings. The minimum atomic E-state index is -0.482. The number of ether oxygens (including phenoxy) is 2. The van der Waals surface area contributed by atoms with E-state index in [1.165, 1.54) is 0 Å². The second kappa shape index (κ2) is 4.38. The maximum Gasteiger partial charge on any atom is 0.407 e. The highest BCUT2D eigenvalue weighted by Gasteiger charge is 2.58. The molecule has 5 heteroatoms. The maximum atomic E-state index is 11.6. The van der Waals surface area contributed by atoms with Crippen LogP contribution in [0.15, 0.2) is 0 Å². The molecule has 5 nitrogen and oxygen atoms in total. The Hall–Kier alpha value is -0.810. The van der Waals surface area contributed by atoms with Gasteiger partial charge in [0.05, 0.1) is 5.60 Å². The van der Waals surface area contributed by atoms with E-state index in [0.29, 0.717) is 13.2 Å². The quantitative estimate of drug-likeness (QED) is 0.803. The molecule has 104 valence electrons. The third-order valence-electron chi connectivity index (χ3n) is 3.72. The average molecular weight is 257 g/mol. The van der Waals surface area contributed by atoms with Gasteiger partial charge in [0, 0.05) is 25.2 Å². The number of aliphatic hydroxyl groups excluding tert-OH is 1. The average Bonchev–Trinajstić information content (AvgIpc) is 2.23. The molecule has 2 saturated heterocycles. The van der Waals surface area contributed by atoms with Gasteiger partial charge in [-0.05, 0) is 40.0 Å². The summed E-state index contributed by atoms with van der Waals surface area (Å²) in [6.45, 7) is 6.84. The van der Waals surface area contributed by atoms with Crippen molar-refractivity contribution in [1.82, 2.24) is 5.32 Å². The Morgan fingerprint density at radius 2 is 2.11 bits per heavy atom. The van der Waals surface area contributed by atoms with Gasteiger partial charge in [0.25, 0.3) is 0 Å². The molecule has 3 fully saturated rings. The summed E-state index contributed by atoms with van der Waals surface area (Å²) in [6.07, 6.45) is 2.16. The molecule has 0 spiro atoms. The first-order valence-corrected chi connectivity index (χ1v) is 6.50. The molecule has 0 radical (unpaired) electrons. The van der Waals surface area contributed by atoms with Gasteiger partial charge in [0.15, 0.2) is 0 Å². The van der Waals surface area contributed by atoms with E-state index in [4.69, 9.17) is 9.47 Å². The highest BCUT2D eigenvalue weighted by molar-refractivity contribution is 5.67. The maximum absolute atomic E-state index is 11.6. The topological polar surface area (TPSA) is 67.8 Å². The number of carbonyl (C=O) groups excluding carboxylic acids is 1. The Kier molecular flexibility index (Phi) is 3.32. The van der Waals surface area contributed by atoms with Gasteiger partial charge in [0.1, 0.15) is 5.60 Å². The van der Waals surface area contributed by atoms with Crippen LogP contribution in [0, 0.1) is 5.41 Å². The molecule has 18 heavy (non-hydrogen) atoms. The molecule has 0 unspecified atom stereocenters. The van der Waals surface area contributed by atoms with E-state index >= 15 is 0 Å². The van der Waals surface area contributed by atoms with E-state index in [0.717, 1.165) is 19.3 Å². The first kappa shape index (κ1) is 13.6. The molecule has 2 aliphatic heterocycles. The lowest BCUT2D eigenvalue weighted by Gasteiger charge is -2.59. The lowest BCUT2D eigenvalue weighted by atomic mass is 9.56. The second-order valence-electron chi connectivity index (χ2n) is 6.65. The normalized spacial score (nSPS) is 34.7. The van der Waals surface area contributed by atoms with E-state index in [2.05, 4.69) is 5.32 Å². The number of aliphatic hydroxyl groups is 1. The standard InChI is InChI=1S/C13H23NO4/c1-11(2,3)18-10(16)14-8-13-6-12(7-13,9-15)4-5-17-13/h15H,4-9H2,1-3H3,(H,14,16). The highest BCUT2D eigenvalue weighted by atomic mass is 16.6. The zero-order valence-corrected chi connectivity index (χ0v) is 11.4. The van der Waals surface area contributed by atoms with E-state index in [9.17, 15) is 9.90 Å². The summed E-state index contributed by atoms with van der Waals surface area (Å²) in [6, 6.07) is 0. The Balaban J connectivity index is 1.80. The summed E-state index contributed by atoms with van der Waals surface area (Å²) in [5.74, 6) is 0. The summed E-state index contributed by atoms with van der Waals surface area (Å²) in [4.78, 5) is 11.6. The van der Waals surface area contributed by atoms with Crippen molar-refractivity contribution in [3.05, 3.63) is 0 Å². The minimum absolute atomic E-state index is 0.0356. The lowest BCUT2D eigenvalue weighted by Crippen LogP contribution is -2.64. The molecule has 3 rings (SSSR count). The fourth-order valence-electron chi connectivity index (χ4n) is 2.99. The van der Waals surface area contributed by atoms with Crippen molar-refractivity contribution in [1.29, 1.82) is 0 Å². The first-order chi connectivity index (χ1) is 8.28. The van der Waals surface area contributed by atoms with Crippen LogP contribution in [0.2, 0.25) is 0 Å². The molecular formula is C13H23NO4. The second-order valence-corrected chi connectivity index (χ2v) is 6.65. The van der Waals surface area contributed by atoms with Gasteiger partial charge >= 0.3 is 6.09 Å². The largest absolute Gasteiger partial charge is 0.444 e. The Morgan fingerprint density at radius 3 is 2.67 bits per heavy atom. The Labute approximate surface area is 108 Å². The van der Waals surface area contributed by atoms with Crippen LogP contribution in [0.1, 0.15) is 40.0 Å². The van der Waals surface area contributed by atoms with Crippen LogP contribution >= 0.6 is 0 Å². The zero-order valence-electron chi connectivity index (χ0n) is 11.4. The first-order valence-electron chi connectivity index (χ1n) is 6.50. The predicted molar refractivity (Wildman–Crippen MR) is 66.3 cm³/mol. The number of fused-ring (bicyclic) bond motifs is 2. The van der Waals surface area contributed by atoms with Gasteiger partial charge in [0.2, 0.25) is 0 Å². The van der Waals surface area contributed by atoms with Gasteiger partial charge in [-0.1, -0.05) is 0 Å². The van der Waals surface area contributed by atoms with Gasteiger partial charge in [-0.2, -0.15) is 0 Å². The van der Waals surface area contributed by atoms with E-state index in [1.807, 2.05) is 20.8 Å². The fourth-order valence-corrected chi connectivity index (χ4v) is 2.99. The van der Waals surface area contributed by atoms with Crippen LogP contribution in [0.5, 0.6) is 0 Å². The number of alkyl carbamates (subject to hydrolysis) is 1. The molecule has 1 amide bonds. The summed E-state index contributed by atoms with van der Waals surface area (Å²) in [7, 11) is 0. The molecule has 1 aliphatic carbocycles. The monoisotopic (exact) mass is 257 g/mol. The fraction of sp³-hybridized carbons (Fsp3) is 0.923. The van der Waals surface area contributed by atoms with Gasteiger partial charge < -0.3 is 19.9 Å². The SMILES string of the molecule is CC(C)(C)OC(=O)NCC12CC(CO)(CCO1)C2.